The van der Waals surface area contributed by atoms with Crippen molar-refractivity contribution in [3.05, 3.63) is 114 Å². The average molecular weight is 437 g/mol. The van der Waals surface area contributed by atoms with Gasteiger partial charge in [-0.1, -0.05) is 48.0 Å². The number of carbonyl (C=O) groups is 1. The number of anilines is 2. The number of hydrogen-bond acceptors (Lipinski definition) is 2. The summed E-state index contributed by atoms with van der Waals surface area (Å²) in [5.41, 5.74) is 7.44. The van der Waals surface area contributed by atoms with Gasteiger partial charge < -0.3 is 19.7 Å². The minimum Gasteiger partial charge on any atom is -0.378 e. The molecule has 33 heavy (non-hydrogen) atoms. The van der Waals surface area contributed by atoms with Crippen LogP contribution in [0.25, 0.3) is 5.69 Å². The minimum absolute atomic E-state index is 0.120. The Balaban J connectivity index is 1.61. The number of nitrogens with one attached hydrogen (secondary N) is 1. The molecule has 3 aromatic carbocycles. The van der Waals surface area contributed by atoms with Crippen LogP contribution in [0.2, 0.25) is 0 Å². The molecule has 166 valence electrons. The topological polar surface area (TPSA) is 40.5 Å². The Bertz CT molecular complexity index is 1270. The quantitative estimate of drug-likeness (QED) is 0.429. The van der Waals surface area contributed by atoms with E-state index in [1.807, 2.05) is 62.3 Å². The lowest BCUT2D eigenvalue weighted by Crippen LogP contribution is -2.37. The Hall–Kier alpha value is -3.99. The Labute approximate surface area is 194 Å². The van der Waals surface area contributed by atoms with Crippen LogP contribution in [0.15, 0.2) is 91.1 Å². The lowest BCUT2D eigenvalue weighted by molar-refractivity contribution is 0.194. The smallest absolute Gasteiger partial charge is 0.322 e. The van der Waals surface area contributed by atoms with E-state index in [1.165, 1.54) is 0 Å². The van der Waals surface area contributed by atoms with Gasteiger partial charge >= 0.3 is 6.03 Å². The second-order valence-electron chi connectivity index (χ2n) is 8.74. The number of fused-ring (bicyclic) bond motifs is 3. The van der Waals surface area contributed by atoms with Crippen LogP contribution >= 0.6 is 0 Å². The van der Waals surface area contributed by atoms with E-state index in [0.29, 0.717) is 6.54 Å². The summed E-state index contributed by atoms with van der Waals surface area (Å²) < 4.78 is 2.21. The van der Waals surface area contributed by atoms with Gasteiger partial charge in [0.15, 0.2) is 0 Å². The molecule has 1 atom stereocenters. The fraction of sp³-hybridized carbons (Fsp3) is 0.179. The maximum atomic E-state index is 13.7. The van der Waals surface area contributed by atoms with Gasteiger partial charge in [-0.2, -0.15) is 0 Å². The van der Waals surface area contributed by atoms with Crippen molar-refractivity contribution in [2.75, 3.05) is 24.3 Å². The van der Waals surface area contributed by atoms with Crippen molar-refractivity contribution in [1.29, 1.82) is 0 Å². The molecular formula is C28H28N4O. The van der Waals surface area contributed by atoms with Crippen LogP contribution in [0, 0.1) is 6.92 Å². The van der Waals surface area contributed by atoms with Crippen LogP contribution in [-0.2, 0) is 6.54 Å². The number of para-hydroxylation sites is 1. The summed E-state index contributed by atoms with van der Waals surface area (Å²) in [4.78, 5) is 17.7. The molecule has 0 radical (unpaired) electrons. The molecule has 5 nitrogen and oxygen atoms in total. The summed E-state index contributed by atoms with van der Waals surface area (Å²) in [6, 6.07) is 28.5. The second-order valence-corrected chi connectivity index (χ2v) is 8.74. The number of benzene rings is 3. The lowest BCUT2D eigenvalue weighted by Gasteiger charge is -2.31. The van der Waals surface area contributed by atoms with E-state index in [1.54, 1.807) is 0 Å². The molecule has 4 aromatic rings. The number of aromatic nitrogens is 1. The molecule has 0 bridgehead atoms. The summed E-state index contributed by atoms with van der Waals surface area (Å²) >= 11 is 0. The molecule has 5 rings (SSSR count). The molecule has 0 spiro atoms. The van der Waals surface area contributed by atoms with E-state index in [9.17, 15) is 4.79 Å². The maximum Gasteiger partial charge on any atom is 0.322 e. The molecular weight excluding hydrogens is 408 g/mol. The highest BCUT2D eigenvalue weighted by Gasteiger charge is 2.33. The third-order valence-corrected chi connectivity index (χ3v) is 6.25. The number of rotatable bonds is 3. The predicted octanol–water partition coefficient (Wildman–Crippen LogP) is 5.99. The van der Waals surface area contributed by atoms with Gasteiger partial charge in [0, 0.05) is 37.4 Å². The highest BCUT2D eigenvalue weighted by atomic mass is 16.2. The van der Waals surface area contributed by atoms with E-state index in [-0.39, 0.29) is 12.1 Å². The Morgan fingerprint density at radius 3 is 2.36 bits per heavy atom. The summed E-state index contributed by atoms with van der Waals surface area (Å²) in [5, 5.41) is 3.12. The van der Waals surface area contributed by atoms with Crippen LogP contribution in [0.5, 0.6) is 0 Å². The van der Waals surface area contributed by atoms with Gasteiger partial charge in [-0.15, -0.1) is 0 Å². The molecule has 1 aliphatic rings. The first-order chi connectivity index (χ1) is 16.0. The van der Waals surface area contributed by atoms with Gasteiger partial charge in [0.1, 0.15) is 0 Å². The van der Waals surface area contributed by atoms with Crippen molar-refractivity contribution in [1.82, 2.24) is 9.47 Å². The first-order valence-electron chi connectivity index (χ1n) is 11.2. The first-order valence-corrected chi connectivity index (χ1v) is 11.2. The van der Waals surface area contributed by atoms with Crippen molar-refractivity contribution in [2.24, 2.45) is 0 Å². The van der Waals surface area contributed by atoms with Crippen LogP contribution in [0.3, 0.4) is 0 Å². The van der Waals surface area contributed by atoms with Gasteiger partial charge in [-0.3, -0.25) is 0 Å². The summed E-state index contributed by atoms with van der Waals surface area (Å²) in [6.45, 7) is 2.55. The average Bonchev–Trinajstić information content (AvgIpc) is 3.25. The molecule has 0 saturated carbocycles. The Morgan fingerprint density at radius 1 is 0.909 bits per heavy atom. The van der Waals surface area contributed by atoms with Gasteiger partial charge in [-0.05, 0) is 60.5 Å². The molecule has 0 saturated heterocycles. The van der Waals surface area contributed by atoms with Gasteiger partial charge in [-0.25, -0.2) is 4.79 Å². The van der Waals surface area contributed by atoms with Crippen LogP contribution in [0.1, 0.15) is 28.4 Å². The van der Waals surface area contributed by atoms with Gasteiger partial charge in [0.25, 0.3) is 0 Å². The van der Waals surface area contributed by atoms with Gasteiger partial charge in [0.2, 0.25) is 0 Å². The van der Waals surface area contributed by atoms with Crippen LogP contribution < -0.4 is 10.2 Å². The number of nitrogens with zero attached hydrogens (tertiary/aromatic N) is 3. The molecule has 2 amide bonds. The maximum absolute atomic E-state index is 13.7. The number of urea groups is 1. The summed E-state index contributed by atoms with van der Waals surface area (Å²) in [6.07, 6.45) is 2.08. The monoisotopic (exact) mass is 436 g/mol. The first kappa shape index (κ1) is 20.9. The number of hydrogen-bond donors (Lipinski definition) is 1. The molecule has 1 N–H and O–H groups in total. The van der Waals surface area contributed by atoms with Crippen molar-refractivity contribution in [3.8, 4) is 5.69 Å². The Kier molecular flexibility index (Phi) is 5.38. The second kappa shape index (κ2) is 8.51. The van der Waals surface area contributed by atoms with Crippen molar-refractivity contribution >= 4 is 17.4 Å². The minimum atomic E-state index is -0.228. The molecule has 0 aliphatic carbocycles. The van der Waals surface area contributed by atoms with Crippen molar-refractivity contribution in [3.63, 3.8) is 0 Å². The lowest BCUT2D eigenvalue weighted by atomic mass is 10.0. The predicted molar refractivity (Wildman–Crippen MR) is 134 cm³/mol. The zero-order chi connectivity index (χ0) is 22.9. The molecule has 1 aromatic heterocycles. The van der Waals surface area contributed by atoms with Crippen LogP contribution in [-0.4, -0.2) is 29.6 Å². The Morgan fingerprint density at radius 2 is 1.64 bits per heavy atom. The fourth-order valence-electron chi connectivity index (χ4n) is 4.48. The molecule has 2 heterocycles. The van der Waals surface area contributed by atoms with Crippen molar-refractivity contribution < 1.29 is 4.79 Å². The number of amides is 2. The summed E-state index contributed by atoms with van der Waals surface area (Å²) in [7, 11) is 4.06. The SMILES string of the molecule is Cc1ccc(NC(=O)N2Cc3ccccc3-n3cccc3[C@@H]2c2ccc(N(C)C)cc2)cc1. The molecule has 0 fully saturated rings. The van der Waals surface area contributed by atoms with E-state index < -0.39 is 0 Å². The van der Waals surface area contributed by atoms with E-state index in [2.05, 4.69) is 69.5 Å². The third-order valence-electron chi connectivity index (χ3n) is 6.25. The van der Waals surface area contributed by atoms with Crippen LogP contribution in [0.4, 0.5) is 16.2 Å². The normalized spacial score (nSPS) is 14.8. The highest BCUT2D eigenvalue weighted by Crippen LogP contribution is 2.37. The number of carbonyl (C=O) groups excluding carboxylic acids is 1. The third kappa shape index (κ3) is 3.98. The zero-order valence-corrected chi connectivity index (χ0v) is 19.2. The molecule has 0 unspecified atom stereocenters. The van der Waals surface area contributed by atoms with Gasteiger partial charge in [0.05, 0.1) is 18.3 Å². The zero-order valence-electron chi connectivity index (χ0n) is 19.2. The van der Waals surface area contributed by atoms with E-state index >= 15 is 0 Å². The largest absolute Gasteiger partial charge is 0.378 e. The van der Waals surface area contributed by atoms with E-state index in [4.69, 9.17) is 0 Å². The molecule has 1 aliphatic heterocycles. The molecule has 5 heteroatoms. The fourth-order valence-corrected chi connectivity index (χ4v) is 4.48. The number of aryl methyl sites for hydroxylation is 1. The standard InChI is InChI=1S/C28H28N4O/c1-20-10-14-23(15-11-20)29-28(33)32-19-22-7-4-5-8-25(22)31-18-6-9-26(31)27(32)21-12-16-24(17-13-21)30(2)3/h4-18,27H,19H2,1-3H3,(H,29,33)/t27-/m0/s1. The van der Waals surface area contributed by atoms with E-state index in [0.717, 1.165) is 39.4 Å². The summed E-state index contributed by atoms with van der Waals surface area (Å²) in [5.74, 6) is 0. The van der Waals surface area contributed by atoms with Crippen molar-refractivity contribution in [2.45, 2.75) is 19.5 Å². The highest BCUT2D eigenvalue weighted by molar-refractivity contribution is 5.90.